The molecule has 1 heterocycles. The monoisotopic (exact) mass is 233 g/mol. The van der Waals surface area contributed by atoms with Gasteiger partial charge < -0.3 is 0 Å². The van der Waals surface area contributed by atoms with Gasteiger partial charge in [-0.25, -0.2) is 8.42 Å². The molecular formula is C7H15N5O2S. The standard InChI is InChI=1S/C7H15N5O2S/c1-15(13,14)4-2-3-6(10-8)7-5-9-12-11-7/h5-6,10H,2-4,8H2,1H3,(H,9,11,12). The van der Waals surface area contributed by atoms with Crippen molar-refractivity contribution in [1.29, 1.82) is 0 Å². The van der Waals surface area contributed by atoms with E-state index in [1.165, 1.54) is 6.26 Å². The van der Waals surface area contributed by atoms with E-state index in [0.717, 1.165) is 0 Å². The molecule has 0 saturated carbocycles. The van der Waals surface area contributed by atoms with Crippen LogP contribution in [0.1, 0.15) is 24.6 Å². The predicted octanol–water partition coefficient (Wildman–Crippen LogP) is -0.866. The minimum atomic E-state index is -2.91. The van der Waals surface area contributed by atoms with Crippen LogP contribution in [0.25, 0.3) is 0 Å². The maximum atomic E-state index is 10.9. The number of sulfone groups is 1. The number of H-pyrrole nitrogens is 1. The van der Waals surface area contributed by atoms with Crippen LogP contribution >= 0.6 is 0 Å². The molecule has 8 heteroatoms. The zero-order chi connectivity index (χ0) is 11.3. The molecule has 1 rings (SSSR count). The summed E-state index contributed by atoms with van der Waals surface area (Å²) in [6, 6.07) is -0.162. The van der Waals surface area contributed by atoms with Gasteiger partial charge in [0.1, 0.15) is 15.5 Å². The second-order valence-electron chi connectivity index (χ2n) is 3.39. The van der Waals surface area contributed by atoms with Crippen LogP contribution in [-0.4, -0.2) is 35.8 Å². The first-order valence-corrected chi connectivity index (χ1v) is 6.58. The van der Waals surface area contributed by atoms with Crippen molar-refractivity contribution in [3.8, 4) is 0 Å². The summed E-state index contributed by atoms with van der Waals surface area (Å²) in [5.41, 5.74) is 3.26. The normalized spacial score (nSPS) is 14.0. The van der Waals surface area contributed by atoms with Crippen molar-refractivity contribution in [3.05, 3.63) is 11.9 Å². The van der Waals surface area contributed by atoms with Crippen molar-refractivity contribution in [2.24, 2.45) is 5.84 Å². The Kier molecular flexibility index (Phi) is 4.18. The highest BCUT2D eigenvalue weighted by Crippen LogP contribution is 2.14. The largest absolute Gasteiger partial charge is 0.271 e. The van der Waals surface area contributed by atoms with Gasteiger partial charge in [-0.1, -0.05) is 0 Å². The van der Waals surface area contributed by atoms with E-state index in [2.05, 4.69) is 20.8 Å². The summed E-state index contributed by atoms with van der Waals surface area (Å²) in [6.07, 6.45) is 3.93. The first-order valence-electron chi connectivity index (χ1n) is 4.52. The summed E-state index contributed by atoms with van der Waals surface area (Å²) >= 11 is 0. The summed E-state index contributed by atoms with van der Waals surface area (Å²) in [6.45, 7) is 0. The number of hydrazine groups is 1. The average Bonchev–Trinajstić information content (AvgIpc) is 2.63. The summed E-state index contributed by atoms with van der Waals surface area (Å²) in [7, 11) is -2.91. The Labute approximate surface area is 88.3 Å². The highest BCUT2D eigenvalue weighted by Gasteiger charge is 2.13. The number of hydrogen-bond donors (Lipinski definition) is 3. The van der Waals surface area contributed by atoms with Gasteiger partial charge in [0.05, 0.1) is 12.2 Å². The minimum Gasteiger partial charge on any atom is -0.271 e. The van der Waals surface area contributed by atoms with Crippen LogP contribution in [0.2, 0.25) is 0 Å². The first kappa shape index (κ1) is 12.1. The summed E-state index contributed by atoms with van der Waals surface area (Å²) in [4.78, 5) is 0. The van der Waals surface area contributed by atoms with E-state index in [1.807, 2.05) is 0 Å². The Bertz CT molecular complexity index is 374. The lowest BCUT2D eigenvalue weighted by Crippen LogP contribution is -2.28. The van der Waals surface area contributed by atoms with Crippen LogP contribution in [0.3, 0.4) is 0 Å². The number of nitrogens with zero attached hydrogens (tertiary/aromatic N) is 2. The zero-order valence-corrected chi connectivity index (χ0v) is 9.29. The molecule has 1 atom stereocenters. The quantitative estimate of drug-likeness (QED) is 0.435. The van der Waals surface area contributed by atoms with Gasteiger partial charge >= 0.3 is 0 Å². The molecule has 0 saturated heterocycles. The van der Waals surface area contributed by atoms with Gasteiger partial charge in [0.15, 0.2) is 0 Å². The van der Waals surface area contributed by atoms with E-state index >= 15 is 0 Å². The summed E-state index contributed by atoms with van der Waals surface area (Å²) in [5, 5.41) is 10.0. The molecule has 7 nitrogen and oxygen atoms in total. The fraction of sp³-hybridized carbons (Fsp3) is 0.714. The lowest BCUT2D eigenvalue weighted by atomic mass is 10.1. The zero-order valence-electron chi connectivity index (χ0n) is 8.47. The van der Waals surface area contributed by atoms with E-state index < -0.39 is 9.84 Å². The fourth-order valence-corrected chi connectivity index (χ4v) is 1.94. The van der Waals surface area contributed by atoms with Crippen LogP contribution in [0.4, 0.5) is 0 Å². The lowest BCUT2D eigenvalue weighted by Gasteiger charge is -2.11. The second kappa shape index (κ2) is 5.19. The Hall–Kier alpha value is -0.990. The summed E-state index contributed by atoms with van der Waals surface area (Å²) in [5.74, 6) is 5.49. The third kappa shape index (κ3) is 4.36. The molecule has 0 aliphatic rings. The van der Waals surface area contributed by atoms with E-state index in [-0.39, 0.29) is 11.8 Å². The van der Waals surface area contributed by atoms with Gasteiger partial charge in [0.2, 0.25) is 0 Å². The van der Waals surface area contributed by atoms with E-state index in [9.17, 15) is 8.42 Å². The van der Waals surface area contributed by atoms with Gasteiger partial charge in [-0.15, -0.1) is 0 Å². The Balaban J connectivity index is 2.42. The van der Waals surface area contributed by atoms with Crippen LogP contribution in [0.5, 0.6) is 0 Å². The fourth-order valence-electron chi connectivity index (χ4n) is 1.24. The third-order valence-electron chi connectivity index (χ3n) is 2.00. The van der Waals surface area contributed by atoms with Gasteiger partial charge in [0.25, 0.3) is 0 Å². The number of nitrogens with two attached hydrogens (primary N) is 1. The predicted molar refractivity (Wildman–Crippen MR) is 55.4 cm³/mol. The van der Waals surface area contributed by atoms with Gasteiger partial charge in [-0.2, -0.15) is 15.4 Å². The van der Waals surface area contributed by atoms with E-state index in [0.29, 0.717) is 18.5 Å². The van der Waals surface area contributed by atoms with Crippen molar-refractivity contribution >= 4 is 9.84 Å². The van der Waals surface area contributed by atoms with Crippen molar-refractivity contribution in [2.45, 2.75) is 18.9 Å². The smallest absolute Gasteiger partial charge is 0.147 e. The van der Waals surface area contributed by atoms with Crippen LogP contribution in [-0.2, 0) is 9.84 Å². The molecule has 0 amide bonds. The molecule has 1 aromatic heterocycles. The number of nitrogens with one attached hydrogen (secondary N) is 2. The van der Waals surface area contributed by atoms with Gasteiger partial charge in [-0.05, 0) is 12.8 Å². The number of hydrogen-bond acceptors (Lipinski definition) is 6. The van der Waals surface area contributed by atoms with Crippen molar-refractivity contribution in [1.82, 2.24) is 20.8 Å². The van der Waals surface area contributed by atoms with Crippen molar-refractivity contribution in [2.75, 3.05) is 12.0 Å². The van der Waals surface area contributed by atoms with E-state index in [4.69, 9.17) is 5.84 Å². The molecule has 15 heavy (non-hydrogen) atoms. The first-order chi connectivity index (χ1) is 7.03. The van der Waals surface area contributed by atoms with Crippen molar-refractivity contribution in [3.63, 3.8) is 0 Å². The molecule has 4 N–H and O–H groups in total. The Morgan fingerprint density at radius 2 is 2.40 bits per heavy atom. The number of aromatic amines is 1. The SMILES string of the molecule is CS(=O)(=O)CCCC(NN)c1cn[nH]n1. The number of aromatic nitrogens is 3. The van der Waals surface area contributed by atoms with Crippen LogP contribution < -0.4 is 11.3 Å². The summed E-state index contributed by atoms with van der Waals surface area (Å²) < 4.78 is 21.8. The molecule has 0 spiro atoms. The molecular weight excluding hydrogens is 218 g/mol. The van der Waals surface area contributed by atoms with Gasteiger partial charge in [0, 0.05) is 12.0 Å². The lowest BCUT2D eigenvalue weighted by molar-refractivity contribution is 0.496. The van der Waals surface area contributed by atoms with E-state index in [1.54, 1.807) is 6.20 Å². The molecule has 86 valence electrons. The van der Waals surface area contributed by atoms with Gasteiger partial charge in [-0.3, -0.25) is 11.3 Å². The third-order valence-corrected chi connectivity index (χ3v) is 3.03. The average molecular weight is 233 g/mol. The topological polar surface area (TPSA) is 114 Å². The molecule has 0 radical (unpaired) electrons. The molecule has 0 aliphatic heterocycles. The van der Waals surface area contributed by atoms with Crippen LogP contribution in [0, 0.1) is 0 Å². The highest BCUT2D eigenvalue weighted by atomic mass is 32.2. The molecule has 1 aromatic rings. The van der Waals surface area contributed by atoms with Crippen LogP contribution in [0.15, 0.2) is 6.20 Å². The second-order valence-corrected chi connectivity index (χ2v) is 5.65. The molecule has 0 aliphatic carbocycles. The molecule has 0 aromatic carbocycles. The molecule has 0 bridgehead atoms. The maximum Gasteiger partial charge on any atom is 0.147 e. The number of rotatable bonds is 6. The molecule has 0 fully saturated rings. The van der Waals surface area contributed by atoms with Crippen molar-refractivity contribution < 1.29 is 8.42 Å². The minimum absolute atomic E-state index is 0.156. The molecule has 1 unspecified atom stereocenters. The highest BCUT2D eigenvalue weighted by molar-refractivity contribution is 7.90. The Morgan fingerprint density at radius 1 is 1.67 bits per heavy atom. The Morgan fingerprint density at radius 3 is 2.87 bits per heavy atom. The maximum absolute atomic E-state index is 10.9.